The molecule has 0 aromatic rings. The number of carbonyl (C=O) groups is 6. The van der Waals surface area contributed by atoms with Crippen molar-refractivity contribution in [3.05, 3.63) is 0 Å². The van der Waals surface area contributed by atoms with Crippen LogP contribution >= 0.6 is 0 Å². The van der Waals surface area contributed by atoms with Crippen LogP contribution in [0, 0.1) is 0 Å². The molecule has 0 bridgehead atoms. The first kappa shape index (κ1) is 43.9. The molecule has 0 rings (SSSR count). The summed E-state index contributed by atoms with van der Waals surface area (Å²) in [5.74, 6) is -3.89. The highest BCUT2D eigenvalue weighted by Gasteiger charge is 2.53. The van der Waals surface area contributed by atoms with E-state index in [1.807, 2.05) is 20.8 Å². The van der Waals surface area contributed by atoms with Gasteiger partial charge >= 0.3 is 44.6 Å². The van der Waals surface area contributed by atoms with E-state index in [2.05, 4.69) is 0 Å². The first-order chi connectivity index (χ1) is 22.3. The van der Waals surface area contributed by atoms with Crippen LogP contribution in [0.2, 0.25) is 5.04 Å². The van der Waals surface area contributed by atoms with Crippen molar-refractivity contribution >= 4 is 44.6 Å². The fraction of sp³-hybridized carbons (Fsp3) is 0.806. The predicted octanol–water partition coefficient (Wildman–Crippen LogP) is 3.61. The van der Waals surface area contributed by atoms with E-state index < -0.39 is 68.9 Å². The maximum atomic E-state index is 11.8. The van der Waals surface area contributed by atoms with Crippen molar-refractivity contribution in [2.24, 2.45) is 0 Å². The van der Waals surface area contributed by atoms with E-state index in [-0.39, 0.29) is 59.5 Å². The highest BCUT2D eigenvalue weighted by molar-refractivity contribution is 6.64. The minimum absolute atomic E-state index is 0.108. The van der Waals surface area contributed by atoms with Crippen LogP contribution in [-0.2, 0) is 70.5 Å². The number of unbranched alkanes of at least 4 members (excludes halogenated alkanes) is 3. The minimum Gasteiger partial charge on any atom is -0.466 e. The molecule has 47 heavy (non-hydrogen) atoms. The molecule has 0 fully saturated rings. The minimum atomic E-state index is -3.34. The average Bonchev–Trinajstić information content (AvgIpc) is 2.97. The number of esters is 6. The highest BCUT2D eigenvalue weighted by Crippen LogP contribution is 2.39. The Morgan fingerprint density at radius 1 is 0.404 bits per heavy atom. The molecule has 0 aliphatic rings. The zero-order chi connectivity index (χ0) is 35.6. The van der Waals surface area contributed by atoms with Gasteiger partial charge in [-0.15, -0.1) is 0 Å². The second-order valence-corrected chi connectivity index (χ2v) is 14.6. The third kappa shape index (κ3) is 22.2. The van der Waals surface area contributed by atoms with E-state index >= 15 is 0 Å². The largest absolute Gasteiger partial charge is 0.506 e. The van der Waals surface area contributed by atoms with Crippen LogP contribution in [0.15, 0.2) is 0 Å². The normalized spacial score (nSPS) is 11.4. The quantitative estimate of drug-likeness (QED) is 0.0399. The number of ether oxygens (including phenoxy) is 6. The standard InChI is InChI=1S/C31H54O15Si/c1-7-38-25(32)22-28(35)41-16-10-13-19-44-47(31(4,5)6,45-20-14-11-17-42-29(36)23-26(33)39-8-2)46-21-15-12-18-43-30(37)24-27(34)40-9-3/h7-24H2,1-6H3. The summed E-state index contributed by atoms with van der Waals surface area (Å²) >= 11 is 0. The first-order valence-electron chi connectivity index (χ1n) is 16.2. The van der Waals surface area contributed by atoms with Crippen LogP contribution in [0.3, 0.4) is 0 Å². The summed E-state index contributed by atoms with van der Waals surface area (Å²) < 4.78 is 48.5. The third-order valence-electron chi connectivity index (χ3n) is 5.98. The lowest BCUT2D eigenvalue weighted by Gasteiger charge is -2.39. The van der Waals surface area contributed by atoms with E-state index in [1.165, 1.54) is 0 Å². The maximum Gasteiger partial charge on any atom is 0.506 e. The molecule has 0 amide bonds. The topological polar surface area (TPSA) is 185 Å². The molecule has 0 N–H and O–H groups in total. The number of rotatable bonds is 27. The Bertz CT molecular complexity index is 840. The van der Waals surface area contributed by atoms with Gasteiger partial charge in [-0.3, -0.25) is 28.8 Å². The maximum absolute atomic E-state index is 11.8. The summed E-state index contributed by atoms with van der Waals surface area (Å²) in [6.45, 7) is 12.5. The summed E-state index contributed by atoms with van der Waals surface area (Å²) in [7, 11) is -3.34. The van der Waals surface area contributed by atoms with Crippen molar-refractivity contribution in [2.75, 3.05) is 59.5 Å². The molecule has 0 aromatic carbocycles. The average molecular weight is 695 g/mol. The van der Waals surface area contributed by atoms with Gasteiger partial charge < -0.3 is 41.7 Å². The molecule has 0 saturated heterocycles. The molecule has 0 saturated carbocycles. The lowest BCUT2D eigenvalue weighted by molar-refractivity contribution is -0.156. The fourth-order valence-electron chi connectivity index (χ4n) is 3.71. The molecule has 0 aromatic heterocycles. The summed E-state index contributed by atoms with van der Waals surface area (Å²) in [5, 5.41) is -0.530. The number of hydrogen-bond acceptors (Lipinski definition) is 15. The van der Waals surface area contributed by atoms with Gasteiger partial charge in [0.25, 0.3) is 0 Å². The summed E-state index contributed by atoms with van der Waals surface area (Å²) in [5.41, 5.74) is 0. The number of hydrogen-bond donors (Lipinski definition) is 0. The van der Waals surface area contributed by atoms with Gasteiger partial charge in [-0.2, -0.15) is 0 Å². The smallest absolute Gasteiger partial charge is 0.466 e. The van der Waals surface area contributed by atoms with E-state index in [9.17, 15) is 28.8 Å². The van der Waals surface area contributed by atoms with Gasteiger partial charge in [0.2, 0.25) is 0 Å². The van der Waals surface area contributed by atoms with E-state index in [0.717, 1.165) is 0 Å². The predicted molar refractivity (Wildman–Crippen MR) is 168 cm³/mol. The van der Waals surface area contributed by atoms with Crippen LogP contribution in [0.1, 0.15) is 99.3 Å². The second kappa shape index (κ2) is 25.9. The van der Waals surface area contributed by atoms with Crippen molar-refractivity contribution < 1.29 is 70.5 Å². The molecule has 0 atom stereocenters. The first-order valence-corrected chi connectivity index (χ1v) is 17.9. The molecule has 0 aliphatic carbocycles. The van der Waals surface area contributed by atoms with Crippen molar-refractivity contribution in [1.82, 2.24) is 0 Å². The summed E-state index contributed by atoms with van der Waals surface area (Å²) in [6.07, 6.45) is 1.70. The molecule has 16 heteroatoms. The van der Waals surface area contributed by atoms with Crippen LogP contribution < -0.4 is 0 Å². The van der Waals surface area contributed by atoms with E-state index in [4.69, 9.17) is 41.7 Å². The van der Waals surface area contributed by atoms with Crippen molar-refractivity contribution in [3.8, 4) is 0 Å². The zero-order valence-electron chi connectivity index (χ0n) is 28.9. The van der Waals surface area contributed by atoms with Crippen LogP contribution in [0.25, 0.3) is 0 Å². The van der Waals surface area contributed by atoms with Crippen molar-refractivity contribution in [1.29, 1.82) is 0 Å². The molecule has 272 valence electrons. The van der Waals surface area contributed by atoms with Crippen LogP contribution in [-0.4, -0.2) is 104 Å². The van der Waals surface area contributed by atoms with E-state index in [1.54, 1.807) is 20.8 Å². The van der Waals surface area contributed by atoms with Gasteiger partial charge in [0.05, 0.1) is 39.6 Å². The Hall–Kier alpha value is -3.08. The lowest BCUT2D eigenvalue weighted by Crippen LogP contribution is -2.54. The van der Waals surface area contributed by atoms with Gasteiger partial charge in [0.15, 0.2) is 0 Å². The van der Waals surface area contributed by atoms with E-state index in [0.29, 0.717) is 38.5 Å². The van der Waals surface area contributed by atoms with Gasteiger partial charge in [0, 0.05) is 24.9 Å². The fourth-order valence-corrected chi connectivity index (χ4v) is 6.50. The Labute approximate surface area is 278 Å². The van der Waals surface area contributed by atoms with Crippen molar-refractivity contribution in [3.63, 3.8) is 0 Å². The molecule has 15 nitrogen and oxygen atoms in total. The lowest BCUT2D eigenvalue weighted by atomic mass is 10.3. The second-order valence-electron chi connectivity index (χ2n) is 11.1. The monoisotopic (exact) mass is 694 g/mol. The molecular formula is C31H54O15Si. The van der Waals surface area contributed by atoms with Crippen LogP contribution in [0.4, 0.5) is 0 Å². The summed E-state index contributed by atoms with van der Waals surface area (Å²) in [4.78, 5) is 69.6. The summed E-state index contributed by atoms with van der Waals surface area (Å²) in [6, 6.07) is 0. The van der Waals surface area contributed by atoms with Crippen LogP contribution in [0.5, 0.6) is 0 Å². The Morgan fingerprint density at radius 3 is 0.872 bits per heavy atom. The van der Waals surface area contributed by atoms with Crippen molar-refractivity contribution in [2.45, 2.75) is 104 Å². The third-order valence-corrected chi connectivity index (χ3v) is 9.57. The molecule has 0 radical (unpaired) electrons. The molecule has 0 spiro atoms. The Morgan fingerprint density at radius 2 is 0.638 bits per heavy atom. The molecule has 0 aliphatic heterocycles. The number of carbonyl (C=O) groups excluding carboxylic acids is 6. The molecular weight excluding hydrogens is 640 g/mol. The zero-order valence-corrected chi connectivity index (χ0v) is 29.9. The highest BCUT2D eigenvalue weighted by atomic mass is 28.4. The Kier molecular flexibility index (Phi) is 24.2. The Balaban J connectivity index is 4.97. The van der Waals surface area contributed by atoms with Gasteiger partial charge in [-0.05, 0) is 59.3 Å². The van der Waals surface area contributed by atoms with Gasteiger partial charge in [-0.1, -0.05) is 20.8 Å². The van der Waals surface area contributed by atoms with Gasteiger partial charge in [0.1, 0.15) is 19.3 Å². The molecule has 0 heterocycles. The SMILES string of the molecule is CCOC(=O)CC(=O)OCCCCO[Si](OCCCCOC(=O)CC(=O)OCC)(OCCCCOC(=O)CC(=O)OCC)C(C)(C)C. The molecule has 0 unspecified atom stereocenters. The van der Waals surface area contributed by atoms with Gasteiger partial charge in [-0.25, -0.2) is 0 Å².